The number of aliphatic hydroxyl groups excluding tert-OH is 1. The molecule has 0 unspecified atom stereocenters. The Balaban J connectivity index is 2.13. The average molecular weight is 191 g/mol. The molecule has 74 valence electrons. The first kappa shape index (κ1) is 9.21. The molecule has 1 N–H and O–H groups in total. The van der Waals surface area contributed by atoms with Crippen LogP contribution in [0.2, 0.25) is 0 Å². The SMILES string of the molecule is OCCO/N=C1\CCc2ccccc21. The normalized spacial score (nSPS) is 17.1. The first-order valence-electron chi connectivity index (χ1n) is 4.80. The topological polar surface area (TPSA) is 41.8 Å². The fourth-order valence-corrected chi connectivity index (χ4v) is 1.67. The number of aryl methyl sites for hydroxylation is 1. The number of oxime groups is 1. The molecule has 2 rings (SSSR count). The van der Waals surface area contributed by atoms with Gasteiger partial charge in [-0.3, -0.25) is 0 Å². The van der Waals surface area contributed by atoms with Crippen LogP contribution < -0.4 is 0 Å². The van der Waals surface area contributed by atoms with Crippen LogP contribution in [0, 0.1) is 0 Å². The second-order valence-corrected chi connectivity index (χ2v) is 3.25. The molecule has 3 heteroatoms. The van der Waals surface area contributed by atoms with Crippen LogP contribution >= 0.6 is 0 Å². The van der Waals surface area contributed by atoms with Crippen molar-refractivity contribution in [3.05, 3.63) is 35.4 Å². The molecule has 0 amide bonds. The lowest BCUT2D eigenvalue weighted by molar-refractivity contribution is 0.0984. The molecule has 3 nitrogen and oxygen atoms in total. The van der Waals surface area contributed by atoms with Crippen molar-refractivity contribution in [1.29, 1.82) is 0 Å². The van der Waals surface area contributed by atoms with Gasteiger partial charge >= 0.3 is 0 Å². The molecule has 0 aromatic heterocycles. The minimum Gasteiger partial charge on any atom is -0.393 e. The van der Waals surface area contributed by atoms with Gasteiger partial charge < -0.3 is 9.94 Å². The van der Waals surface area contributed by atoms with Crippen LogP contribution in [0.5, 0.6) is 0 Å². The maximum absolute atomic E-state index is 8.54. The summed E-state index contributed by atoms with van der Waals surface area (Å²) in [5.74, 6) is 0. The number of rotatable bonds is 3. The summed E-state index contributed by atoms with van der Waals surface area (Å²) in [4.78, 5) is 4.96. The van der Waals surface area contributed by atoms with Crippen molar-refractivity contribution < 1.29 is 9.94 Å². The second-order valence-electron chi connectivity index (χ2n) is 3.25. The molecule has 14 heavy (non-hydrogen) atoms. The van der Waals surface area contributed by atoms with Crippen molar-refractivity contribution >= 4 is 5.71 Å². The first-order chi connectivity index (χ1) is 6.92. The Bertz CT molecular complexity index is 347. The van der Waals surface area contributed by atoms with Gasteiger partial charge in [-0.05, 0) is 18.4 Å². The van der Waals surface area contributed by atoms with Crippen molar-refractivity contribution in [2.75, 3.05) is 13.2 Å². The van der Waals surface area contributed by atoms with Crippen LogP contribution in [0.4, 0.5) is 0 Å². The molecule has 0 fully saturated rings. The maximum Gasteiger partial charge on any atom is 0.140 e. The minimum atomic E-state index is 0.0123. The molecule has 1 aromatic carbocycles. The molecule has 1 aliphatic carbocycles. The van der Waals surface area contributed by atoms with Gasteiger partial charge in [0.15, 0.2) is 0 Å². The van der Waals surface area contributed by atoms with Crippen LogP contribution in [0.25, 0.3) is 0 Å². The fourth-order valence-electron chi connectivity index (χ4n) is 1.67. The molecular weight excluding hydrogens is 178 g/mol. The summed E-state index contributed by atoms with van der Waals surface area (Å²) in [7, 11) is 0. The van der Waals surface area contributed by atoms with Gasteiger partial charge in [-0.1, -0.05) is 29.4 Å². The van der Waals surface area contributed by atoms with E-state index in [1.807, 2.05) is 12.1 Å². The van der Waals surface area contributed by atoms with E-state index >= 15 is 0 Å². The molecular formula is C11H13NO2. The lowest BCUT2D eigenvalue weighted by Crippen LogP contribution is -1.99. The van der Waals surface area contributed by atoms with Crippen LogP contribution in [0.1, 0.15) is 17.5 Å². The Hall–Kier alpha value is -1.35. The van der Waals surface area contributed by atoms with Crippen LogP contribution in [0.3, 0.4) is 0 Å². The second kappa shape index (κ2) is 4.24. The highest BCUT2D eigenvalue weighted by Gasteiger charge is 2.16. The monoisotopic (exact) mass is 191 g/mol. The molecule has 0 aliphatic heterocycles. The number of benzene rings is 1. The Morgan fingerprint density at radius 3 is 3.00 bits per heavy atom. The molecule has 0 atom stereocenters. The van der Waals surface area contributed by atoms with E-state index in [9.17, 15) is 0 Å². The smallest absolute Gasteiger partial charge is 0.140 e. The predicted octanol–water partition coefficient (Wildman–Crippen LogP) is 1.35. The number of nitrogens with zero attached hydrogens (tertiary/aromatic N) is 1. The lowest BCUT2D eigenvalue weighted by atomic mass is 10.1. The summed E-state index contributed by atoms with van der Waals surface area (Å²) in [6.07, 6.45) is 1.97. The molecule has 0 saturated carbocycles. The summed E-state index contributed by atoms with van der Waals surface area (Å²) in [5.41, 5.74) is 3.51. The van der Waals surface area contributed by atoms with Crippen molar-refractivity contribution in [1.82, 2.24) is 0 Å². The molecule has 1 aliphatic rings. The zero-order valence-corrected chi connectivity index (χ0v) is 7.94. The number of fused-ring (bicyclic) bond motifs is 1. The quantitative estimate of drug-likeness (QED) is 0.578. The van der Waals surface area contributed by atoms with E-state index < -0.39 is 0 Å². The van der Waals surface area contributed by atoms with Gasteiger partial charge in [0.2, 0.25) is 0 Å². The van der Waals surface area contributed by atoms with E-state index in [0.29, 0.717) is 0 Å². The minimum absolute atomic E-state index is 0.0123. The van der Waals surface area contributed by atoms with Crippen molar-refractivity contribution in [2.45, 2.75) is 12.8 Å². The highest BCUT2D eigenvalue weighted by atomic mass is 16.6. The van der Waals surface area contributed by atoms with E-state index in [1.165, 1.54) is 11.1 Å². The van der Waals surface area contributed by atoms with Crippen molar-refractivity contribution in [3.8, 4) is 0 Å². The lowest BCUT2D eigenvalue weighted by Gasteiger charge is -1.99. The number of aliphatic hydroxyl groups is 1. The van der Waals surface area contributed by atoms with E-state index in [4.69, 9.17) is 9.94 Å². The molecule has 0 spiro atoms. The molecule has 0 radical (unpaired) electrons. The van der Waals surface area contributed by atoms with Gasteiger partial charge in [-0.2, -0.15) is 0 Å². The largest absolute Gasteiger partial charge is 0.393 e. The third kappa shape index (κ3) is 1.77. The maximum atomic E-state index is 8.54. The molecule has 1 aromatic rings. The van der Waals surface area contributed by atoms with Gasteiger partial charge in [0.25, 0.3) is 0 Å². The Labute approximate surface area is 83.0 Å². The van der Waals surface area contributed by atoms with Gasteiger partial charge in [0.1, 0.15) is 6.61 Å². The van der Waals surface area contributed by atoms with E-state index in [2.05, 4.69) is 17.3 Å². The standard InChI is InChI=1S/C11H13NO2/c13-7-8-14-12-11-6-5-9-3-1-2-4-10(9)11/h1-4,13H,5-8H2/b12-11+. The van der Waals surface area contributed by atoms with Crippen molar-refractivity contribution in [2.24, 2.45) is 5.16 Å². The van der Waals surface area contributed by atoms with Crippen molar-refractivity contribution in [3.63, 3.8) is 0 Å². The Morgan fingerprint density at radius 1 is 1.29 bits per heavy atom. The molecule has 0 bridgehead atoms. The summed E-state index contributed by atoms with van der Waals surface area (Å²) in [6.45, 7) is 0.282. The summed E-state index contributed by atoms with van der Waals surface area (Å²) >= 11 is 0. The molecule has 0 heterocycles. The summed E-state index contributed by atoms with van der Waals surface area (Å²) in [6, 6.07) is 8.22. The fraction of sp³-hybridized carbons (Fsp3) is 0.364. The third-order valence-electron chi connectivity index (χ3n) is 2.32. The van der Waals surface area contributed by atoms with Gasteiger partial charge in [0, 0.05) is 5.56 Å². The highest BCUT2D eigenvalue weighted by Crippen LogP contribution is 2.21. The zero-order valence-electron chi connectivity index (χ0n) is 7.94. The highest BCUT2D eigenvalue weighted by molar-refractivity contribution is 6.04. The summed E-state index contributed by atoms with van der Waals surface area (Å²) in [5, 5.41) is 12.6. The van der Waals surface area contributed by atoms with E-state index in [-0.39, 0.29) is 13.2 Å². The predicted molar refractivity (Wildman–Crippen MR) is 54.3 cm³/mol. The van der Waals surface area contributed by atoms with Gasteiger partial charge in [0.05, 0.1) is 12.3 Å². The Morgan fingerprint density at radius 2 is 2.14 bits per heavy atom. The molecule has 0 saturated heterocycles. The first-order valence-corrected chi connectivity index (χ1v) is 4.80. The third-order valence-corrected chi connectivity index (χ3v) is 2.32. The van der Waals surface area contributed by atoms with E-state index in [1.54, 1.807) is 0 Å². The summed E-state index contributed by atoms with van der Waals surface area (Å²) < 4.78 is 0. The average Bonchev–Trinajstić information content (AvgIpc) is 2.63. The van der Waals surface area contributed by atoms with Crippen LogP contribution in [-0.4, -0.2) is 24.0 Å². The van der Waals surface area contributed by atoms with E-state index in [0.717, 1.165) is 18.6 Å². The Kier molecular flexibility index (Phi) is 2.79. The zero-order chi connectivity index (χ0) is 9.80. The van der Waals surface area contributed by atoms with Gasteiger partial charge in [-0.15, -0.1) is 0 Å². The van der Waals surface area contributed by atoms with Gasteiger partial charge in [-0.25, -0.2) is 0 Å². The van der Waals surface area contributed by atoms with Crippen LogP contribution in [-0.2, 0) is 11.3 Å². The number of hydrogen-bond acceptors (Lipinski definition) is 3. The number of hydrogen-bond donors (Lipinski definition) is 1. The van der Waals surface area contributed by atoms with Crippen LogP contribution in [0.15, 0.2) is 29.4 Å².